The second-order valence-electron chi connectivity index (χ2n) is 3.46. The van der Waals surface area contributed by atoms with Gasteiger partial charge in [-0.3, -0.25) is 14.9 Å². The van der Waals surface area contributed by atoms with E-state index in [4.69, 9.17) is 5.11 Å². The molecule has 2 aromatic rings. The maximum absolute atomic E-state index is 13.6. The number of hydrogen-bond donors (Lipinski definition) is 2. The number of halogens is 1. The van der Waals surface area contributed by atoms with Crippen molar-refractivity contribution in [2.75, 3.05) is 0 Å². The molecule has 7 nitrogen and oxygen atoms in total. The minimum atomic E-state index is -1.47. The van der Waals surface area contributed by atoms with Crippen LogP contribution in [0.2, 0.25) is 0 Å². The summed E-state index contributed by atoms with van der Waals surface area (Å²) < 4.78 is 13.6. The molecule has 0 radical (unpaired) electrons. The Balaban J connectivity index is 2.97. The van der Waals surface area contributed by atoms with Crippen molar-refractivity contribution in [2.45, 2.75) is 0 Å². The number of hydrogen-bond acceptors (Lipinski definition) is 4. The van der Waals surface area contributed by atoms with Gasteiger partial charge in [-0.1, -0.05) is 0 Å². The first-order chi connectivity index (χ1) is 8.40. The Morgan fingerprint density at radius 1 is 1.39 bits per heavy atom. The van der Waals surface area contributed by atoms with E-state index < -0.39 is 33.5 Å². The van der Waals surface area contributed by atoms with Gasteiger partial charge in [-0.05, 0) is 0 Å². The fourth-order valence-corrected chi connectivity index (χ4v) is 1.58. The molecule has 2 N–H and O–H groups in total. The second kappa shape index (κ2) is 3.91. The van der Waals surface area contributed by atoms with Crippen molar-refractivity contribution in [3.05, 3.63) is 50.0 Å². The van der Waals surface area contributed by atoms with Crippen LogP contribution in [-0.4, -0.2) is 21.0 Å². The molecular weight excluding hydrogens is 247 g/mol. The van der Waals surface area contributed by atoms with Crippen LogP contribution in [0.3, 0.4) is 0 Å². The summed E-state index contributed by atoms with van der Waals surface area (Å²) in [5, 5.41) is 19.2. The van der Waals surface area contributed by atoms with Gasteiger partial charge in [0.2, 0.25) is 5.56 Å². The predicted molar refractivity (Wildman–Crippen MR) is 58.1 cm³/mol. The zero-order valence-electron chi connectivity index (χ0n) is 8.64. The first kappa shape index (κ1) is 11.7. The van der Waals surface area contributed by atoms with Crippen LogP contribution in [0.1, 0.15) is 10.4 Å². The molecule has 1 heterocycles. The Labute approximate surface area is 97.6 Å². The van der Waals surface area contributed by atoms with E-state index in [1.54, 1.807) is 0 Å². The smallest absolute Gasteiger partial charge is 0.336 e. The molecule has 0 aliphatic rings. The zero-order valence-corrected chi connectivity index (χ0v) is 8.64. The third-order valence-corrected chi connectivity index (χ3v) is 2.33. The lowest BCUT2D eigenvalue weighted by Gasteiger charge is -2.03. The first-order valence-corrected chi connectivity index (χ1v) is 4.64. The largest absolute Gasteiger partial charge is 0.478 e. The van der Waals surface area contributed by atoms with E-state index in [0.29, 0.717) is 6.07 Å². The lowest BCUT2D eigenvalue weighted by atomic mass is 10.1. The Kier molecular flexibility index (Phi) is 2.55. The highest BCUT2D eigenvalue weighted by atomic mass is 19.1. The molecule has 2 rings (SSSR count). The van der Waals surface area contributed by atoms with Crippen LogP contribution >= 0.6 is 0 Å². The Hall–Kier alpha value is -2.77. The molecule has 0 aliphatic heterocycles. The molecule has 0 unspecified atom stereocenters. The van der Waals surface area contributed by atoms with Gasteiger partial charge >= 0.3 is 5.97 Å². The van der Waals surface area contributed by atoms with E-state index in [0.717, 1.165) is 12.1 Å². The molecular formula is C10H5FN2O5. The molecule has 0 atom stereocenters. The predicted octanol–water partition coefficient (Wildman–Crippen LogP) is 1.27. The highest BCUT2D eigenvalue weighted by molar-refractivity contribution is 6.03. The summed E-state index contributed by atoms with van der Waals surface area (Å²) in [6.07, 6.45) is 0. The number of pyridine rings is 1. The van der Waals surface area contributed by atoms with Gasteiger partial charge in [-0.15, -0.1) is 0 Å². The number of aromatic carboxylic acids is 1. The number of carbonyl (C=O) groups is 1. The van der Waals surface area contributed by atoms with Crippen molar-refractivity contribution >= 4 is 22.6 Å². The molecule has 0 saturated carbocycles. The monoisotopic (exact) mass is 252 g/mol. The van der Waals surface area contributed by atoms with Crippen molar-refractivity contribution in [3.8, 4) is 0 Å². The molecule has 0 aliphatic carbocycles. The van der Waals surface area contributed by atoms with Crippen molar-refractivity contribution in [1.29, 1.82) is 0 Å². The summed E-state index contributed by atoms with van der Waals surface area (Å²) in [4.78, 5) is 33.9. The lowest BCUT2D eigenvalue weighted by Crippen LogP contribution is -2.11. The molecule has 1 aromatic heterocycles. The number of carboxylic acids is 1. The number of aromatic nitrogens is 1. The average molecular weight is 252 g/mol. The SMILES string of the molecule is O=C(O)c1cc(=O)[nH]c2c(F)cc([N+](=O)[O-])cc12. The zero-order chi connectivity index (χ0) is 13.4. The van der Waals surface area contributed by atoms with Gasteiger partial charge in [0.1, 0.15) is 0 Å². The van der Waals surface area contributed by atoms with E-state index >= 15 is 0 Å². The van der Waals surface area contributed by atoms with Crippen molar-refractivity contribution in [3.63, 3.8) is 0 Å². The van der Waals surface area contributed by atoms with Crippen LogP contribution in [0.15, 0.2) is 23.0 Å². The molecule has 18 heavy (non-hydrogen) atoms. The van der Waals surface area contributed by atoms with Gasteiger partial charge in [0, 0.05) is 17.5 Å². The van der Waals surface area contributed by atoms with E-state index in [2.05, 4.69) is 4.98 Å². The van der Waals surface area contributed by atoms with Crippen LogP contribution < -0.4 is 5.56 Å². The van der Waals surface area contributed by atoms with Gasteiger partial charge in [-0.2, -0.15) is 0 Å². The van der Waals surface area contributed by atoms with Crippen molar-refractivity contribution in [2.24, 2.45) is 0 Å². The molecule has 0 spiro atoms. The maximum Gasteiger partial charge on any atom is 0.336 e. The van der Waals surface area contributed by atoms with Gasteiger partial charge in [0.15, 0.2) is 5.82 Å². The number of nitrogens with one attached hydrogen (secondary N) is 1. The number of nitro groups is 1. The van der Waals surface area contributed by atoms with Gasteiger partial charge < -0.3 is 10.1 Å². The average Bonchev–Trinajstić information content (AvgIpc) is 2.28. The molecule has 8 heteroatoms. The fourth-order valence-electron chi connectivity index (χ4n) is 1.58. The van der Waals surface area contributed by atoms with Gasteiger partial charge in [-0.25, -0.2) is 9.18 Å². The molecule has 1 aromatic carbocycles. The summed E-state index contributed by atoms with van der Waals surface area (Å²) in [6, 6.07) is 2.26. The van der Waals surface area contributed by atoms with E-state index in [1.165, 1.54) is 0 Å². The number of aromatic amines is 1. The topological polar surface area (TPSA) is 113 Å². The third kappa shape index (κ3) is 1.79. The number of fused-ring (bicyclic) bond motifs is 1. The van der Waals surface area contributed by atoms with Gasteiger partial charge in [0.25, 0.3) is 5.69 Å². The number of nitrogens with zero attached hydrogens (tertiary/aromatic N) is 1. The number of H-pyrrole nitrogens is 1. The van der Waals surface area contributed by atoms with Crippen LogP contribution in [0.25, 0.3) is 10.9 Å². The quantitative estimate of drug-likeness (QED) is 0.617. The maximum atomic E-state index is 13.6. The Morgan fingerprint density at radius 2 is 2.06 bits per heavy atom. The van der Waals surface area contributed by atoms with Crippen LogP contribution in [-0.2, 0) is 0 Å². The number of carboxylic acid groups (broad SMARTS) is 1. The van der Waals surface area contributed by atoms with E-state index in [1.807, 2.05) is 0 Å². The normalized spacial score (nSPS) is 10.5. The van der Waals surface area contributed by atoms with Crippen LogP contribution in [0.5, 0.6) is 0 Å². The standard InChI is InChI=1S/C10H5FN2O5/c11-7-2-4(13(17)18)1-5-6(10(15)16)3-8(14)12-9(5)7/h1-3H,(H,12,14)(H,15,16). The molecule has 0 saturated heterocycles. The summed E-state index contributed by atoms with van der Waals surface area (Å²) >= 11 is 0. The number of non-ortho nitro benzene ring substituents is 1. The Bertz CT molecular complexity index is 737. The van der Waals surface area contributed by atoms with E-state index in [9.17, 15) is 24.1 Å². The van der Waals surface area contributed by atoms with Gasteiger partial charge in [0.05, 0.1) is 22.1 Å². The number of benzene rings is 1. The summed E-state index contributed by atoms with van der Waals surface area (Å²) in [5.41, 5.74) is -2.25. The molecule has 0 amide bonds. The summed E-state index contributed by atoms with van der Waals surface area (Å²) in [5.74, 6) is -2.52. The fraction of sp³-hybridized carbons (Fsp3) is 0. The Morgan fingerprint density at radius 3 is 2.61 bits per heavy atom. The minimum absolute atomic E-state index is 0.228. The first-order valence-electron chi connectivity index (χ1n) is 4.64. The highest BCUT2D eigenvalue weighted by Crippen LogP contribution is 2.24. The van der Waals surface area contributed by atoms with Crippen molar-refractivity contribution < 1.29 is 19.2 Å². The highest BCUT2D eigenvalue weighted by Gasteiger charge is 2.18. The lowest BCUT2D eigenvalue weighted by molar-refractivity contribution is -0.384. The summed E-state index contributed by atoms with van der Waals surface area (Å²) in [6.45, 7) is 0. The minimum Gasteiger partial charge on any atom is -0.478 e. The number of rotatable bonds is 2. The van der Waals surface area contributed by atoms with Crippen molar-refractivity contribution in [1.82, 2.24) is 4.98 Å². The molecule has 0 bridgehead atoms. The number of nitro benzene ring substituents is 1. The molecule has 0 fully saturated rings. The summed E-state index contributed by atoms with van der Waals surface area (Å²) in [7, 11) is 0. The van der Waals surface area contributed by atoms with Crippen LogP contribution in [0.4, 0.5) is 10.1 Å². The van der Waals surface area contributed by atoms with Crippen LogP contribution in [0, 0.1) is 15.9 Å². The van der Waals surface area contributed by atoms with E-state index in [-0.39, 0.29) is 10.9 Å². The third-order valence-electron chi connectivity index (χ3n) is 2.33. The molecule has 92 valence electrons. The second-order valence-corrected chi connectivity index (χ2v) is 3.46.